The number of rotatable bonds is 3. The molecule has 0 bridgehead atoms. The summed E-state index contributed by atoms with van der Waals surface area (Å²) in [4.78, 5) is 36.3. The van der Waals surface area contributed by atoms with Gasteiger partial charge in [-0.25, -0.2) is 4.98 Å². The Balaban J connectivity index is 1.34. The minimum Gasteiger partial charge on any atom is -0.388 e. The number of hydrogen-bond acceptors (Lipinski definition) is 5. The third-order valence-electron chi connectivity index (χ3n) is 5.55. The lowest BCUT2D eigenvalue weighted by Gasteiger charge is -2.37. The number of amides is 2. The molecule has 4 rings (SSSR count). The van der Waals surface area contributed by atoms with Gasteiger partial charge in [-0.05, 0) is 25.3 Å². The van der Waals surface area contributed by atoms with Gasteiger partial charge >= 0.3 is 0 Å². The minimum atomic E-state index is -0.495. The first kappa shape index (κ1) is 18.5. The van der Waals surface area contributed by atoms with Crippen LogP contribution >= 0.6 is 23.2 Å². The lowest BCUT2D eigenvalue weighted by atomic mass is 9.86. The topological polar surface area (TPSA) is 83.9 Å². The third-order valence-corrected chi connectivity index (χ3v) is 6.07. The van der Waals surface area contributed by atoms with Crippen LogP contribution in [0.25, 0.3) is 0 Å². The van der Waals surface area contributed by atoms with E-state index in [1.807, 2.05) is 0 Å². The van der Waals surface area contributed by atoms with E-state index in [1.165, 1.54) is 12.3 Å². The second kappa shape index (κ2) is 7.28. The van der Waals surface area contributed by atoms with Crippen molar-refractivity contribution in [3.63, 3.8) is 0 Å². The monoisotopic (exact) mass is 410 g/mol. The molecule has 0 unspecified atom stereocenters. The van der Waals surface area contributed by atoms with E-state index < -0.39 is 5.60 Å². The van der Waals surface area contributed by atoms with Crippen molar-refractivity contribution in [2.75, 3.05) is 13.1 Å². The van der Waals surface area contributed by atoms with Gasteiger partial charge in [0.1, 0.15) is 16.5 Å². The van der Waals surface area contributed by atoms with E-state index in [1.54, 1.807) is 4.90 Å². The molecule has 3 aliphatic rings. The first-order chi connectivity index (χ1) is 13.0. The van der Waals surface area contributed by atoms with Crippen LogP contribution in [0.5, 0.6) is 0 Å². The third kappa shape index (κ3) is 3.75. The number of carbonyl (C=O) groups excluding carboxylic acids is 2. The van der Waals surface area contributed by atoms with Crippen LogP contribution < -0.4 is 5.32 Å². The number of likely N-dealkylation sites (tertiary alicyclic amines) is 1. The number of piperidine rings is 1. The summed E-state index contributed by atoms with van der Waals surface area (Å²) in [6.45, 7) is 1.01. The average Bonchev–Trinajstić information content (AvgIpc) is 3.02. The fourth-order valence-corrected chi connectivity index (χ4v) is 4.03. The van der Waals surface area contributed by atoms with E-state index >= 15 is 0 Å². The average molecular weight is 411 g/mol. The number of carbonyl (C=O) groups is 2. The summed E-state index contributed by atoms with van der Waals surface area (Å²) >= 11 is 11.9. The van der Waals surface area contributed by atoms with Gasteiger partial charge < -0.3 is 15.1 Å². The Labute approximate surface area is 167 Å². The zero-order chi connectivity index (χ0) is 19.0. The zero-order valence-corrected chi connectivity index (χ0v) is 16.2. The molecule has 2 amide bonds. The molecule has 2 aliphatic heterocycles. The molecular weight excluding hydrogens is 391 g/mol. The van der Waals surface area contributed by atoms with Gasteiger partial charge in [-0.3, -0.25) is 9.59 Å². The quantitative estimate of drug-likeness (QED) is 0.776. The van der Waals surface area contributed by atoms with E-state index in [4.69, 9.17) is 28.0 Å². The highest BCUT2D eigenvalue weighted by atomic mass is 35.5. The number of oxime groups is 1. The lowest BCUT2D eigenvalue weighted by molar-refractivity contribution is -0.116. The van der Waals surface area contributed by atoms with Crippen molar-refractivity contribution < 1.29 is 14.4 Å². The molecule has 0 radical (unpaired) electrons. The molecule has 1 saturated heterocycles. The predicted molar refractivity (Wildman–Crippen MR) is 101 cm³/mol. The number of hydrogen-bond donors (Lipinski definition) is 1. The standard InChI is InChI=1S/C18H20Cl2N4O3/c19-13-8-15(20)21-10-12(13)17(26)24-6-4-18(5-7-24)9-14(23-27-18)16(25)22-11-2-1-3-11/h8,10-11H,1-7,9H2,(H,22,25). The molecule has 0 atom stereocenters. The Morgan fingerprint density at radius 1 is 1.26 bits per heavy atom. The molecule has 3 heterocycles. The number of pyridine rings is 1. The van der Waals surface area contributed by atoms with Crippen LogP contribution in [0.15, 0.2) is 17.4 Å². The maximum atomic E-state index is 12.7. The van der Waals surface area contributed by atoms with Gasteiger partial charge in [0.25, 0.3) is 11.8 Å². The summed E-state index contributed by atoms with van der Waals surface area (Å²) in [7, 11) is 0. The second-order valence-electron chi connectivity index (χ2n) is 7.37. The molecule has 1 aromatic heterocycles. The summed E-state index contributed by atoms with van der Waals surface area (Å²) in [6.07, 6.45) is 6.33. The van der Waals surface area contributed by atoms with Crippen molar-refractivity contribution in [1.29, 1.82) is 0 Å². The van der Waals surface area contributed by atoms with Crippen molar-refractivity contribution in [2.45, 2.75) is 50.2 Å². The maximum absolute atomic E-state index is 12.7. The summed E-state index contributed by atoms with van der Waals surface area (Å²) in [5.74, 6) is -0.310. The van der Waals surface area contributed by atoms with Crippen molar-refractivity contribution in [3.8, 4) is 0 Å². The fraction of sp³-hybridized carbons (Fsp3) is 0.556. The molecule has 2 fully saturated rings. The normalized spacial score (nSPS) is 21.4. The molecule has 1 aromatic rings. The van der Waals surface area contributed by atoms with Crippen molar-refractivity contribution in [2.24, 2.45) is 5.16 Å². The van der Waals surface area contributed by atoms with Gasteiger partial charge in [-0.2, -0.15) is 0 Å². The van der Waals surface area contributed by atoms with E-state index in [2.05, 4.69) is 15.5 Å². The number of nitrogens with one attached hydrogen (secondary N) is 1. The molecular formula is C18H20Cl2N4O3. The molecule has 1 aliphatic carbocycles. The van der Waals surface area contributed by atoms with E-state index in [-0.39, 0.29) is 28.0 Å². The smallest absolute Gasteiger partial charge is 0.269 e. The maximum Gasteiger partial charge on any atom is 0.269 e. The summed E-state index contributed by atoms with van der Waals surface area (Å²) in [6, 6.07) is 1.73. The first-order valence-electron chi connectivity index (χ1n) is 9.12. The molecule has 9 heteroatoms. The van der Waals surface area contributed by atoms with Gasteiger partial charge in [0.15, 0.2) is 0 Å². The zero-order valence-electron chi connectivity index (χ0n) is 14.7. The van der Waals surface area contributed by atoms with Gasteiger partial charge in [-0.1, -0.05) is 28.4 Å². The van der Waals surface area contributed by atoms with E-state index in [9.17, 15) is 9.59 Å². The molecule has 1 spiro atoms. The number of aromatic nitrogens is 1. The molecule has 27 heavy (non-hydrogen) atoms. The summed E-state index contributed by atoms with van der Waals surface area (Å²) in [5, 5.41) is 7.56. The molecule has 7 nitrogen and oxygen atoms in total. The Bertz CT molecular complexity index is 802. The van der Waals surface area contributed by atoms with E-state index in [0.29, 0.717) is 43.6 Å². The molecule has 1 saturated carbocycles. The fourth-order valence-electron chi connectivity index (χ4n) is 3.59. The van der Waals surface area contributed by atoms with Crippen LogP contribution in [0.1, 0.15) is 48.9 Å². The second-order valence-corrected chi connectivity index (χ2v) is 8.16. The van der Waals surface area contributed by atoms with Gasteiger partial charge in [0, 0.05) is 44.6 Å². The largest absolute Gasteiger partial charge is 0.388 e. The van der Waals surface area contributed by atoms with Crippen LogP contribution in [0, 0.1) is 0 Å². The van der Waals surface area contributed by atoms with Crippen LogP contribution in [0.4, 0.5) is 0 Å². The highest BCUT2D eigenvalue weighted by Crippen LogP contribution is 2.35. The van der Waals surface area contributed by atoms with Crippen molar-refractivity contribution in [3.05, 3.63) is 28.0 Å². The van der Waals surface area contributed by atoms with Crippen LogP contribution in [0.3, 0.4) is 0 Å². The molecule has 144 valence electrons. The van der Waals surface area contributed by atoms with Gasteiger partial charge in [0.2, 0.25) is 0 Å². The number of nitrogens with zero attached hydrogens (tertiary/aromatic N) is 3. The molecule has 0 aromatic carbocycles. The summed E-state index contributed by atoms with van der Waals surface area (Å²) in [5.41, 5.74) is 0.290. The van der Waals surface area contributed by atoms with E-state index in [0.717, 1.165) is 19.3 Å². The van der Waals surface area contributed by atoms with Crippen LogP contribution in [-0.4, -0.2) is 52.1 Å². The Kier molecular flexibility index (Phi) is 4.99. The van der Waals surface area contributed by atoms with Crippen molar-refractivity contribution >= 4 is 40.7 Å². The number of halogens is 2. The van der Waals surface area contributed by atoms with Crippen LogP contribution in [0.2, 0.25) is 10.2 Å². The van der Waals surface area contributed by atoms with Gasteiger partial charge in [-0.15, -0.1) is 0 Å². The first-order valence-corrected chi connectivity index (χ1v) is 9.88. The summed E-state index contributed by atoms with van der Waals surface area (Å²) < 4.78 is 0. The minimum absolute atomic E-state index is 0.130. The van der Waals surface area contributed by atoms with Gasteiger partial charge in [0.05, 0.1) is 10.6 Å². The highest BCUT2D eigenvalue weighted by molar-refractivity contribution is 6.39. The Morgan fingerprint density at radius 2 is 2.00 bits per heavy atom. The lowest BCUT2D eigenvalue weighted by Crippen LogP contribution is -2.48. The van der Waals surface area contributed by atoms with Crippen LogP contribution in [-0.2, 0) is 9.63 Å². The highest BCUT2D eigenvalue weighted by Gasteiger charge is 2.45. The Hall–Kier alpha value is -1.86. The SMILES string of the molecule is O=C(NC1CCC1)C1=NOC2(CCN(C(=O)c3cnc(Cl)cc3Cl)CC2)C1. The molecule has 1 N–H and O–H groups in total. The Morgan fingerprint density at radius 3 is 2.63 bits per heavy atom. The van der Waals surface area contributed by atoms with Crippen molar-refractivity contribution in [1.82, 2.24) is 15.2 Å². The predicted octanol–water partition coefficient (Wildman–Crippen LogP) is 2.81.